The first-order valence-electron chi connectivity index (χ1n) is 9.09. The molecule has 2 rings (SSSR count). The van der Waals surface area contributed by atoms with Crippen LogP contribution in [0.2, 0.25) is 0 Å². The topological polar surface area (TPSA) is 41.6 Å². The summed E-state index contributed by atoms with van der Waals surface area (Å²) < 4.78 is 18.3. The van der Waals surface area contributed by atoms with Crippen LogP contribution in [-0.4, -0.2) is 38.1 Å². The van der Waals surface area contributed by atoms with Gasteiger partial charge in [0.1, 0.15) is 11.6 Å². The number of hydrogen-bond acceptors (Lipinski definition) is 3. The van der Waals surface area contributed by atoms with Gasteiger partial charge in [-0.2, -0.15) is 0 Å². The van der Waals surface area contributed by atoms with Gasteiger partial charge in [0, 0.05) is 6.54 Å². The Labute approximate surface area is 161 Å². The zero-order chi connectivity index (χ0) is 20.0. The maximum atomic E-state index is 12.9. The van der Waals surface area contributed by atoms with Crippen molar-refractivity contribution in [2.24, 2.45) is 0 Å². The summed E-state index contributed by atoms with van der Waals surface area (Å²) in [5, 5.41) is 2.91. The molecule has 2 aromatic carbocycles. The molecule has 146 valence electrons. The molecule has 0 bridgehead atoms. The van der Waals surface area contributed by atoms with Crippen LogP contribution in [0, 0.1) is 5.82 Å². The van der Waals surface area contributed by atoms with Gasteiger partial charge in [0.05, 0.1) is 6.04 Å². The van der Waals surface area contributed by atoms with Crippen molar-refractivity contribution in [1.29, 1.82) is 0 Å². The van der Waals surface area contributed by atoms with E-state index in [-0.39, 0.29) is 29.8 Å². The number of amides is 1. The van der Waals surface area contributed by atoms with Crippen LogP contribution in [0.4, 0.5) is 4.39 Å². The zero-order valence-corrected chi connectivity index (χ0v) is 16.8. The van der Waals surface area contributed by atoms with Crippen molar-refractivity contribution in [3.63, 3.8) is 0 Å². The highest BCUT2D eigenvalue weighted by atomic mass is 19.1. The van der Waals surface area contributed by atoms with Crippen LogP contribution in [0.25, 0.3) is 0 Å². The fourth-order valence-electron chi connectivity index (χ4n) is 2.75. The number of nitrogens with one attached hydrogen (secondary N) is 1. The lowest BCUT2D eigenvalue weighted by Gasteiger charge is -2.26. The highest BCUT2D eigenvalue weighted by molar-refractivity contribution is 5.77. The van der Waals surface area contributed by atoms with E-state index >= 15 is 0 Å². The lowest BCUT2D eigenvalue weighted by molar-refractivity contribution is -0.123. The third kappa shape index (κ3) is 6.36. The van der Waals surface area contributed by atoms with Crippen LogP contribution in [0.3, 0.4) is 0 Å². The molecule has 0 spiro atoms. The first-order valence-corrected chi connectivity index (χ1v) is 9.09. The van der Waals surface area contributed by atoms with Gasteiger partial charge in [-0.1, -0.05) is 45.0 Å². The number of halogens is 1. The molecular formula is C22H29FN2O2. The first-order chi connectivity index (χ1) is 12.7. The minimum atomic E-state index is -0.335. The van der Waals surface area contributed by atoms with Crippen LogP contribution in [-0.2, 0) is 10.2 Å². The van der Waals surface area contributed by atoms with E-state index in [1.807, 2.05) is 14.1 Å². The van der Waals surface area contributed by atoms with Gasteiger partial charge >= 0.3 is 0 Å². The van der Waals surface area contributed by atoms with E-state index in [0.717, 1.165) is 5.56 Å². The number of rotatable bonds is 7. The Morgan fingerprint density at radius 2 is 1.67 bits per heavy atom. The monoisotopic (exact) mass is 372 g/mol. The average molecular weight is 372 g/mol. The van der Waals surface area contributed by atoms with Crippen LogP contribution >= 0.6 is 0 Å². The van der Waals surface area contributed by atoms with Crippen LogP contribution in [0.5, 0.6) is 5.75 Å². The van der Waals surface area contributed by atoms with Crippen LogP contribution in [0.1, 0.15) is 37.9 Å². The quantitative estimate of drug-likeness (QED) is 0.801. The Morgan fingerprint density at radius 1 is 1.07 bits per heavy atom. The third-order valence-electron chi connectivity index (χ3n) is 4.46. The Hall–Kier alpha value is -2.40. The largest absolute Gasteiger partial charge is 0.484 e. The van der Waals surface area contributed by atoms with Crippen molar-refractivity contribution in [1.82, 2.24) is 10.2 Å². The third-order valence-corrected chi connectivity index (χ3v) is 4.46. The molecule has 0 unspecified atom stereocenters. The van der Waals surface area contributed by atoms with Crippen molar-refractivity contribution < 1.29 is 13.9 Å². The first kappa shape index (κ1) is 20.9. The number of likely N-dealkylation sites (N-methyl/N-ethyl adjacent to an activating group) is 1. The predicted molar refractivity (Wildman–Crippen MR) is 106 cm³/mol. The molecule has 0 saturated carbocycles. The Kier molecular flexibility index (Phi) is 6.97. The summed E-state index contributed by atoms with van der Waals surface area (Å²) in [4.78, 5) is 14.2. The van der Waals surface area contributed by atoms with E-state index in [4.69, 9.17) is 4.74 Å². The standard InChI is InChI=1S/C22H29FN2O2/c1-22(2,3)17-8-6-16(7-9-17)20(25(4)5)14-24-21(26)15-27-19-12-10-18(23)11-13-19/h6-13,20H,14-15H2,1-5H3,(H,24,26)/t20-/m0/s1. The minimum Gasteiger partial charge on any atom is -0.484 e. The molecule has 0 aliphatic heterocycles. The Morgan fingerprint density at radius 3 is 2.19 bits per heavy atom. The van der Waals surface area contributed by atoms with Gasteiger partial charge in [-0.3, -0.25) is 4.79 Å². The van der Waals surface area contributed by atoms with E-state index in [9.17, 15) is 9.18 Å². The molecule has 0 heterocycles. The highest BCUT2D eigenvalue weighted by Crippen LogP contribution is 2.25. The van der Waals surface area contributed by atoms with Crippen molar-refractivity contribution in [3.8, 4) is 5.75 Å². The summed E-state index contributed by atoms with van der Waals surface area (Å²) in [6.07, 6.45) is 0. The second kappa shape index (κ2) is 9.00. The summed E-state index contributed by atoms with van der Waals surface area (Å²) in [6.45, 7) is 6.94. The van der Waals surface area contributed by atoms with Crippen molar-refractivity contribution in [2.45, 2.75) is 32.2 Å². The van der Waals surface area contributed by atoms with E-state index in [2.05, 4.69) is 55.3 Å². The van der Waals surface area contributed by atoms with Crippen molar-refractivity contribution >= 4 is 5.91 Å². The van der Waals surface area contributed by atoms with E-state index in [0.29, 0.717) is 12.3 Å². The molecule has 0 aliphatic rings. The maximum Gasteiger partial charge on any atom is 0.258 e. The van der Waals surface area contributed by atoms with Crippen molar-refractivity contribution in [2.75, 3.05) is 27.2 Å². The molecule has 4 nitrogen and oxygen atoms in total. The Bertz CT molecular complexity index is 734. The van der Waals surface area contributed by atoms with Crippen LogP contribution < -0.4 is 10.1 Å². The normalized spacial score (nSPS) is 12.7. The molecule has 1 amide bonds. The molecular weight excluding hydrogens is 343 g/mol. The van der Waals surface area contributed by atoms with Gasteiger partial charge in [-0.05, 0) is 54.9 Å². The zero-order valence-electron chi connectivity index (χ0n) is 16.8. The smallest absolute Gasteiger partial charge is 0.258 e. The van der Waals surface area contributed by atoms with Gasteiger partial charge in [-0.25, -0.2) is 4.39 Å². The van der Waals surface area contributed by atoms with Gasteiger partial charge < -0.3 is 15.0 Å². The molecule has 1 atom stereocenters. The predicted octanol–water partition coefficient (Wildman–Crippen LogP) is 3.92. The van der Waals surface area contributed by atoms with Gasteiger partial charge in [0.15, 0.2) is 6.61 Å². The molecule has 2 aromatic rings. The SMILES string of the molecule is CN(C)[C@@H](CNC(=O)COc1ccc(F)cc1)c1ccc(C(C)(C)C)cc1. The lowest BCUT2D eigenvalue weighted by Crippen LogP contribution is -2.36. The fourth-order valence-corrected chi connectivity index (χ4v) is 2.75. The number of benzene rings is 2. The summed E-state index contributed by atoms with van der Waals surface area (Å²) in [7, 11) is 3.98. The van der Waals surface area contributed by atoms with Gasteiger partial charge in [-0.15, -0.1) is 0 Å². The lowest BCUT2D eigenvalue weighted by atomic mass is 9.86. The second-order valence-electron chi connectivity index (χ2n) is 7.90. The Balaban J connectivity index is 1.92. The number of hydrogen-bond donors (Lipinski definition) is 1. The van der Waals surface area contributed by atoms with Gasteiger partial charge in [0.25, 0.3) is 5.91 Å². The maximum absolute atomic E-state index is 12.9. The number of ether oxygens (including phenoxy) is 1. The molecule has 0 saturated heterocycles. The van der Waals surface area contributed by atoms with E-state index in [1.54, 1.807) is 0 Å². The molecule has 0 fully saturated rings. The molecule has 0 aromatic heterocycles. The van der Waals surface area contributed by atoms with E-state index in [1.165, 1.54) is 29.8 Å². The summed E-state index contributed by atoms with van der Waals surface area (Å²) in [5.74, 6) is -0.0796. The molecule has 5 heteroatoms. The van der Waals surface area contributed by atoms with E-state index < -0.39 is 0 Å². The molecule has 27 heavy (non-hydrogen) atoms. The van der Waals surface area contributed by atoms with Crippen LogP contribution in [0.15, 0.2) is 48.5 Å². The molecule has 0 radical (unpaired) electrons. The highest BCUT2D eigenvalue weighted by Gasteiger charge is 2.18. The summed E-state index contributed by atoms with van der Waals surface area (Å²) in [6, 6.07) is 14.2. The fraction of sp³-hybridized carbons (Fsp3) is 0.409. The number of nitrogens with zero attached hydrogens (tertiary/aromatic N) is 1. The second-order valence-corrected chi connectivity index (χ2v) is 7.90. The van der Waals surface area contributed by atoms with Crippen molar-refractivity contribution in [3.05, 3.63) is 65.5 Å². The average Bonchev–Trinajstić information content (AvgIpc) is 2.61. The summed E-state index contributed by atoms with van der Waals surface area (Å²) >= 11 is 0. The summed E-state index contributed by atoms with van der Waals surface area (Å²) in [5.41, 5.74) is 2.53. The number of carbonyl (C=O) groups excluding carboxylic acids is 1. The molecule has 0 aliphatic carbocycles. The number of carbonyl (C=O) groups is 1. The molecule has 1 N–H and O–H groups in total. The van der Waals surface area contributed by atoms with Gasteiger partial charge in [0.2, 0.25) is 0 Å². The minimum absolute atomic E-state index is 0.0637.